The zero-order chi connectivity index (χ0) is 13.0. The number of piperazine rings is 1. The summed E-state index contributed by atoms with van der Waals surface area (Å²) >= 11 is 0. The van der Waals surface area contributed by atoms with Crippen molar-refractivity contribution in [3.63, 3.8) is 0 Å². The maximum atomic E-state index is 13.7. The van der Waals surface area contributed by atoms with Crippen molar-refractivity contribution < 1.29 is 13.9 Å². The van der Waals surface area contributed by atoms with Crippen molar-refractivity contribution in [3.8, 4) is 0 Å². The van der Waals surface area contributed by atoms with E-state index in [9.17, 15) is 9.18 Å². The number of nitrogens with zero attached hydrogens (tertiary/aromatic N) is 1. The van der Waals surface area contributed by atoms with Crippen LogP contribution >= 0.6 is 0 Å². The Morgan fingerprint density at radius 1 is 1.44 bits per heavy atom. The molecule has 0 saturated carbocycles. The largest absolute Gasteiger partial charge is 0.465 e. The number of carbonyl (C=O) groups excluding carboxylic acids is 1. The molecule has 0 aliphatic carbocycles. The minimum Gasteiger partial charge on any atom is -0.465 e. The molecule has 1 aromatic rings. The average Bonchev–Trinajstić information content (AvgIpc) is 2.41. The van der Waals surface area contributed by atoms with Crippen LogP contribution in [0.5, 0.6) is 0 Å². The van der Waals surface area contributed by atoms with Crippen molar-refractivity contribution in [3.05, 3.63) is 35.1 Å². The van der Waals surface area contributed by atoms with Gasteiger partial charge >= 0.3 is 5.97 Å². The minimum atomic E-state index is -0.434. The van der Waals surface area contributed by atoms with Crippen molar-refractivity contribution in [2.45, 2.75) is 6.54 Å². The van der Waals surface area contributed by atoms with Gasteiger partial charge < -0.3 is 10.1 Å². The Morgan fingerprint density at radius 3 is 2.83 bits per heavy atom. The van der Waals surface area contributed by atoms with Crippen LogP contribution in [0.25, 0.3) is 0 Å². The van der Waals surface area contributed by atoms with E-state index >= 15 is 0 Å². The lowest BCUT2D eigenvalue weighted by Gasteiger charge is -2.27. The van der Waals surface area contributed by atoms with E-state index in [1.807, 2.05) is 0 Å². The molecule has 2 rings (SSSR count). The Morgan fingerprint density at radius 2 is 2.17 bits per heavy atom. The van der Waals surface area contributed by atoms with Crippen LogP contribution < -0.4 is 5.32 Å². The second kappa shape index (κ2) is 5.93. The van der Waals surface area contributed by atoms with Crippen molar-refractivity contribution in [1.29, 1.82) is 0 Å². The van der Waals surface area contributed by atoms with E-state index in [-0.39, 0.29) is 5.82 Å². The molecular weight excluding hydrogens is 235 g/mol. The highest BCUT2D eigenvalue weighted by Crippen LogP contribution is 2.14. The molecule has 18 heavy (non-hydrogen) atoms. The van der Waals surface area contributed by atoms with Gasteiger partial charge in [-0.25, -0.2) is 9.18 Å². The number of hydrogen-bond donors (Lipinski definition) is 1. The Kier molecular flexibility index (Phi) is 4.28. The lowest BCUT2D eigenvalue weighted by atomic mass is 10.1. The Bertz CT molecular complexity index is 431. The number of hydrogen-bond acceptors (Lipinski definition) is 4. The summed E-state index contributed by atoms with van der Waals surface area (Å²) in [7, 11) is 1.32. The number of methoxy groups -OCH3 is 1. The number of benzene rings is 1. The number of carbonyl (C=O) groups is 1. The number of nitrogens with one attached hydrogen (secondary N) is 1. The monoisotopic (exact) mass is 252 g/mol. The highest BCUT2D eigenvalue weighted by atomic mass is 19.1. The maximum Gasteiger partial charge on any atom is 0.337 e. The predicted molar refractivity (Wildman–Crippen MR) is 65.9 cm³/mol. The highest BCUT2D eigenvalue weighted by Gasteiger charge is 2.14. The van der Waals surface area contributed by atoms with Crippen LogP contribution in [-0.2, 0) is 11.3 Å². The highest BCUT2D eigenvalue weighted by molar-refractivity contribution is 5.89. The molecule has 0 spiro atoms. The van der Waals surface area contributed by atoms with Crippen molar-refractivity contribution in [1.82, 2.24) is 10.2 Å². The van der Waals surface area contributed by atoms with E-state index in [1.165, 1.54) is 19.2 Å². The fourth-order valence-corrected chi connectivity index (χ4v) is 2.05. The van der Waals surface area contributed by atoms with Gasteiger partial charge in [-0.15, -0.1) is 0 Å². The summed E-state index contributed by atoms with van der Waals surface area (Å²) in [5, 5.41) is 3.24. The molecule has 1 fully saturated rings. The molecule has 1 saturated heterocycles. The summed E-state index contributed by atoms with van der Waals surface area (Å²) in [6.07, 6.45) is 0. The quantitative estimate of drug-likeness (QED) is 0.815. The van der Waals surface area contributed by atoms with Crippen LogP contribution in [0.3, 0.4) is 0 Å². The van der Waals surface area contributed by atoms with Crippen molar-refractivity contribution in [2.75, 3.05) is 33.3 Å². The Balaban J connectivity index is 2.12. The standard InChI is InChI=1S/C13H17FN2O2/c1-18-13(17)10-2-3-12(14)11(8-10)9-16-6-4-15-5-7-16/h2-3,8,15H,4-7,9H2,1H3. The van der Waals surface area contributed by atoms with Gasteiger partial charge in [0, 0.05) is 38.3 Å². The van der Waals surface area contributed by atoms with Crippen molar-refractivity contribution in [2.24, 2.45) is 0 Å². The Hall–Kier alpha value is -1.46. The summed E-state index contributed by atoms with van der Waals surface area (Å²) in [6, 6.07) is 4.34. The molecule has 5 heteroatoms. The van der Waals surface area contributed by atoms with Gasteiger partial charge in [-0.3, -0.25) is 4.90 Å². The Labute approximate surface area is 106 Å². The molecule has 98 valence electrons. The van der Waals surface area contributed by atoms with Crippen LogP contribution in [0, 0.1) is 5.82 Å². The third kappa shape index (κ3) is 3.05. The summed E-state index contributed by atoms with van der Waals surface area (Å²) in [4.78, 5) is 13.6. The molecule has 0 radical (unpaired) electrons. The molecule has 1 aliphatic heterocycles. The number of ether oxygens (including phenoxy) is 1. The van der Waals surface area contributed by atoms with Gasteiger partial charge in [0.05, 0.1) is 12.7 Å². The zero-order valence-electron chi connectivity index (χ0n) is 10.4. The predicted octanol–water partition coefficient (Wildman–Crippen LogP) is 1.02. The SMILES string of the molecule is COC(=O)c1ccc(F)c(CN2CCNCC2)c1. The van der Waals surface area contributed by atoms with Crippen LogP contribution in [0.15, 0.2) is 18.2 Å². The van der Waals surface area contributed by atoms with E-state index in [1.54, 1.807) is 6.07 Å². The first-order valence-corrected chi connectivity index (χ1v) is 6.00. The molecule has 4 nitrogen and oxygen atoms in total. The summed E-state index contributed by atoms with van der Waals surface area (Å²) in [5.41, 5.74) is 0.934. The van der Waals surface area contributed by atoms with Crippen molar-refractivity contribution >= 4 is 5.97 Å². The molecule has 1 N–H and O–H groups in total. The summed E-state index contributed by atoms with van der Waals surface area (Å²) < 4.78 is 18.3. The summed E-state index contributed by atoms with van der Waals surface area (Å²) in [5.74, 6) is -0.710. The van der Waals surface area contributed by atoms with Gasteiger partial charge in [0.1, 0.15) is 5.82 Å². The van der Waals surface area contributed by atoms with Gasteiger partial charge in [-0.2, -0.15) is 0 Å². The second-order valence-electron chi connectivity index (χ2n) is 4.32. The van der Waals surface area contributed by atoms with Gasteiger partial charge in [-0.1, -0.05) is 0 Å². The first kappa shape index (κ1) is 13.0. The molecular formula is C13H17FN2O2. The number of halogens is 1. The molecule has 0 atom stereocenters. The van der Waals surface area contributed by atoms with Gasteiger partial charge in [0.2, 0.25) is 0 Å². The van der Waals surface area contributed by atoms with Gasteiger partial charge in [-0.05, 0) is 18.2 Å². The zero-order valence-corrected chi connectivity index (χ0v) is 10.4. The molecule has 1 aromatic carbocycles. The van der Waals surface area contributed by atoms with E-state index in [4.69, 9.17) is 0 Å². The van der Waals surface area contributed by atoms with E-state index in [2.05, 4.69) is 15.0 Å². The van der Waals surface area contributed by atoms with E-state index in [0.29, 0.717) is 17.7 Å². The molecule has 0 aromatic heterocycles. The average molecular weight is 252 g/mol. The minimum absolute atomic E-state index is 0.277. The van der Waals surface area contributed by atoms with Crippen LogP contribution in [-0.4, -0.2) is 44.2 Å². The fourth-order valence-electron chi connectivity index (χ4n) is 2.05. The maximum absolute atomic E-state index is 13.7. The van der Waals surface area contributed by atoms with Crippen LogP contribution in [0.4, 0.5) is 4.39 Å². The van der Waals surface area contributed by atoms with E-state index in [0.717, 1.165) is 26.2 Å². The molecule has 0 bridgehead atoms. The number of esters is 1. The third-order valence-electron chi connectivity index (χ3n) is 3.07. The first-order valence-electron chi connectivity index (χ1n) is 6.00. The topological polar surface area (TPSA) is 41.6 Å². The molecule has 1 aliphatic rings. The molecule has 0 unspecified atom stereocenters. The van der Waals surface area contributed by atoms with Crippen LogP contribution in [0.2, 0.25) is 0 Å². The fraction of sp³-hybridized carbons (Fsp3) is 0.462. The lowest BCUT2D eigenvalue weighted by molar-refractivity contribution is 0.0600. The van der Waals surface area contributed by atoms with Crippen LogP contribution in [0.1, 0.15) is 15.9 Å². The first-order chi connectivity index (χ1) is 8.70. The number of rotatable bonds is 3. The van der Waals surface area contributed by atoms with E-state index < -0.39 is 5.97 Å². The molecule has 1 heterocycles. The third-order valence-corrected chi connectivity index (χ3v) is 3.07. The molecule has 0 amide bonds. The summed E-state index contributed by atoms with van der Waals surface area (Å²) in [6.45, 7) is 4.14. The smallest absolute Gasteiger partial charge is 0.337 e. The van der Waals surface area contributed by atoms with Gasteiger partial charge in [0.15, 0.2) is 0 Å². The normalized spacial score (nSPS) is 16.6. The lowest BCUT2D eigenvalue weighted by Crippen LogP contribution is -2.43. The second-order valence-corrected chi connectivity index (χ2v) is 4.32. The van der Waals surface area contributed by atoms with Gasteiger partial charge in [0.25, 0.3) is 0 Å².